The van der Waals surface area contributed by atoms with E-state index in [0.29, 0.717) is 11.4 Å². The summed E-state index contributed by atoms with van der Waals surface area (Å²) in [5.74, 6) is 0.202. The molecule has 0 aromatic heterocycles. The molecule has 1 unspecified atom stereocenters. The van der Waals surface area contributed by atoms with Crippen molar-refractivity contribution in [3.8, 4) is 0 Å². The van der Waals surface area contributed by atoms with Gasteiger partial charge in [0, 0.05) is 31.2 Å². The van der Waals surface area contributed by atoms with E-state index in [-0.39, 0.29) is 11.9 Å². The number of hydrogen-bond acceptors (Lipinski definition) is 2. The first-order valence-electron chi connectivity index (χ1n) is 11.1. The van der Waals surface area contributed by atoms with Gasteiger partial charge >= 0.3 is 0 Å². The molecule has 0 bridgehead atoms. The molecular formula is C27H27ClN2O. The highest BCUT2D eigenvalue weighted by molar-refractivity contribution is 6.30. The number of rotatable bonds is 5. The molecule has 158 valence electrons. The zero-order valence-corrected chi connectivity index (χ0v) is 18.4. The lowest BCUT2D eigenvalue weighted by Crippen LogP contribution is -2.42. The monoisotopic (exact) mass is 430 g/mol. The van der Waals surface area contributed by atoms with Gasteiger partial charge in [-0.1, -0.05) is 72.3 Å². The molecule has 5 rings (SSSR count). The van der Waals surface area contributed by atoms with Crippen LogP contribution in [0, 0.1) is 0 Å². The number of nitrogens with zero attached hydrogens (tertiary/aromatic N) is 2. The largest absolute Gasteiger partial charge is 0.331 e. The van der Waals surface area contributed by atoms with Crippen molar-refractivity contribution in [3.63, 3.8) is 0 Å². The van der Waals surface area contributed by atoms with E-state index in [2.05, 4.69) is 58.3 Å². The zero-order chi connectivity index (χ0) is 21.2. The average molecular weight is 431 g/mol. The van der Waals surface area contributed by atoms with Gasteiger partial charge in [0.25, 0.3) is 0 Å². The molecule has 1 atom stereocenters. The molecule has 0 N–H and O–H groups in total. The van der Waals surface area contributed by atoms with Crippen molar-refractivity contribution >= 4 is 17.5 Å². The van der Waals surface area contributed by atoms with Crippen LogP contribution in [-0.4, -0.2) is 35.3 Å². The number of hydrogen-bond donors (Lipinski definition) is 0. The lowest BCUT2D eigenvalue weighted by molar-refractivity contribution is -0.133. The Kier molecular flexibility index (Phi) is 5.80. The van der Waals surface area contributed by atoms with Gasteiger partial charge in [-0.15, -0.1) is 0 Å². The minimum absolute atomic E-state index is 0.0711. The van der Waals surface area contributed by atoms with Crippen molar-refractivity contribution in [2.75, 3.05) is 19.6 Å². The van der Waals surface area contributed by atoms with Crippen molar-refractivity contribution < 1.29 is 4.79 Å². The molecule has 2 aliphatic heterocycles. The van der Waals surface area contributed by atoms with Gasteiger partial charge in [-0.05, 0) is 52.8 Å². The van der Waals surface area contributed by atoms with E-state index in [9.17, 15) is 4.79 Å². The van der Waals surface area contributed by atoms with E-state index in [1.807, 2.05) is 24.3 Å². The highest BCUT2D eigenvalue weighted by Crippen LogP contribution is 2.36. The fourth-order valence-electron chi connectivity index (χ4n) is 5.04. The number of benzene rings is 3. The van der Waals surface area contributed by atoms with Crippen LogP contribution < -0.4 is 0 Å². The molecule has 0 spiro atoms. The maximum atomic E-state index is 13.2. The van der Waals surface area contributed by atoms with Gasteiger partial charge in [0.05, 0.1) is 12.5 Å². The predicted molar refractivity (Wildman–Crippen MR) is 125 cm³/mol. The Hall–Kier alpha value is -2.62. The molecule has 3 aromatic carbocycles. The molecule has 0 radical (unpaired) electrons. The van der Waals surface area contributed by atoms with E-state index in [4.69, 9.17) is 11.6 Å². The first-order valence-corrected chi connectivity index (χ1v) is 11.5. The van der Waals surface area contributed by atoms with Gasteiger partial charge in [-0.2, -0.15) is 0 Å². The Bertz CT molecular complexity index is 1100. The van der Waals surface area contributed by atoms with Crippen LogP contribution in [0.3, 0.4) is 0 Å². The van der Waals surface area contributed by atoms with E-state index in [1.165, 1.54) is 16.7 Å². The Morgan fingerprint density at radius 1 is 0.871 bits per heavy atom. The molecule has 1 amide bonds. The van der Waals surface area contributed by atoms with Crippen LogP contribution in [-0.2, 0) is 24.2 Å². The summed E-state index contributed by atoms with van der Waals surface area (Å²) in [5.41, 5.74) is 6.34. The molecule has 0 fully saturated rings. The molecule has 0 saturated carbocycles. The van der Waals surface area contributed by atoms with E-state index in [0.717, 1.165) is 50.1 Å². The van der Waals surface area contributed by atoms with Crippen molar-refractivity contribution in [1.29, 1.82) is 0 Å². The number of carbonyl (C=O) groups is 1. The lowest BCUT2D eigenvalue weighted by atomic mass is 9.87. The standard InChI is InChI=1S/C27H27ClN2O/c28-24-11-5-10-22(17-24)27-25-12-4-3-8-21(25)18-26(31)30(27)15-6-14-29-16-13-20-7-1-2-9-23(20)19-29/h1-5,7-12,17,27H,6,13-16,18-19H2. The minimum Gasteiger partial charge on any atom is -0.331 e. The Morgan fingerprint density at radius 2 is 1.65 bits per heavy atom. The summed E-state index contributed by atoms with van der Waals surface area (Å²) in [6, 6.07) is 24.9. The second-order valence-corrected chi connectivity index (χ2v) is 9.01. The summed E-state index contributed by atoms with van der Waals surface area (Å²) in [5, 5.41) is 0.708. The number of carbonyl (C=O) groups excluding carboxylic acids is 1. The average Bonchev–Trinajstić information content (AvgIpc) is 2.79. The van der Waals surface area contributed by atoms with Crippen LogP contribution in [0.1, 0.15) is 40.3 Å². The molecule has 3 aromatic rings. The number of fused-ring (bicyclic) bond motifs is 2. The maximum Gasteiger partial charge on any atom is 0.227 e. The normalized spacial score (nSPS) is 18.5. The third kappa shape index (κ3) is 4.26. The molecule has 0 saturated heterocycles. The van der Waals surface area contributed by atoms with Crippen LogP contribution in [0.15, 0.2) is 72.8 Å². The summed E-state index contributed by atoms with van der Waals surface area (Å²) in [6.07, 6.45) is 2.55. The van der Waals surface area contributed by atoms with Gasteiger partial charge in [0.1, 0.15) is 0 Å². The summed E-state index contributed by atoms with van der Waals surface area (Å²) >= 11 is 6.31. The topological polar surface area (TPSA) is 23.6 Å². The summed E-state index contributed by atoms with van der Waals surface area (Å²) < 4.78 is 0. The molecule has 2 heterocycles. The third-order valence-electron chi connectivity index (χ3n) is 6.57. The van der Waals surface area contributed by atoms with E-state index in [1.54, 1.807) is 0 Å². The van der Waals surface area contributed by atoms with Crippen LogP contribution in [0.5, 0.6) is 0 Å². The lowest BCUT2D eigenvalue weighted by Gasteiger charge is -2.38. The van der Waals surface area contributed by atoms with Crippen molar-refractivity contribution in [1.82, 2.24) is 9.80 Å². The Morgan fingerprint density at radius 3 is 2.48 bits per heavy atom. The number of halogens is 1. The van der Waals surface area contributed by atoms with Gasteiger partial charge in [0.15, 0.2) is 0 Å². The van der Waals surface area contributed by atoms with Crippen LogP contribution in [0.25, 0.3) is 0 Å². The zero-order valence-electron chi connectivity index (χ0n) is 17.6. The fraction of sp³-hybridized carbons (Fsp3) is 0.296. The predicted octanol–water partition coefficient (Wildman–Crippen LogP) is 5.26. The van der Waals surface area contributed by atoms with Crippen LogP contribution >= 0.6 is 11.6 Å². The van der Waals surface area contributed by atoms with Crippen molar-refractivity contribution in [3.05, 3.63) is 106 Å². The molecule has 2 aliphatic rings. The smallest absolute Gasteiger partial charge is 0.227 e. The Labute approximate surface area is 189 Å². The van der Waals surface area contributed by atoms with Crippen LogP contribution in [0.2, 0.25) is 5.02 Å². The molecule has 3 nitrogen and oxygen atoms in total. The first-order chi connectivity index (χ1) is 15.2. The van der Waals surface area contributed by atoms with E-state index >= 15 is 0 Å². The quantitative estimate of drug-likeness (QED) is 0.551. The van der Waals surface area contributed by atoms with Gasteiger partial charge in [0.2, 0.25) is 5.91 Å². The molecule has 4 heteroatoms. The summed E-state index contributed by atoms with van der Waals surface area (Å²) in [7, 11) is 0. The van der Waals surface area contributed by atoms with Crippen molar-refractivity contribution in [2.24, 2.45) is 0 Å². The van der Waals surface area contributed by atoms with Crippen LogP contribution in [0.4, 0.5) is 0 Å². The van der Waals surface area contributed by atoms with E-state index < -0.39 is 0 Å². The molecule has 31 heavy (non-hydrogen) atoms. The Balaban J connectivity index is 1.33. The second kappa shape index (κ2) is 8.86. The maximum absolute atomic E-state index is 13.2. The fourth-order valence-corrected chi connectivity index (χ4v) is 5.24. The SMILES string of the molecule is O=C1Cc2ccccc2C(c2cccc(Cl)c2)N1CCCN1CCc2ccccc2C1. The second-order valence-electron chi connectivity index (χ2n) is 8.57. The third-order valence-corrected chi connectivity index (χ3v) is 6.81. The van der Waals surface area contributed by atoms with Gasteiger partial charge < -0.3 is 4.90 Å². The number of amides is 1. The first kappa shape index (κ1) is 20.3. The van der Waals surface area contributed by atoms with Gasteiger partial charge in [-0.25, -0.2) is 0 Å². The molecule has 0 aliphatic carbocycles. The highest BCUT2D eigenvalue weighted by atomic mass is 35.5. The minimum atomic E-state index is -0.0711. The summed E-state index contributed by atoms with van der Waals surface area (Å²) in [6.45, 7) is 3.85. The van der Waals surface area contributed by atoms with Crippen molar-refractivity contribution in [2.45, 2.75) is 31.8 Å². The highest BCUT2D eigenvalue weighted by Gasteiger charge is 2.33. The summed E-state index contributed by atoms with van der Waals surface area (Å²) in [4.78, 5) is 17.7. The molecular weight excluding hydrogens is 404 g/mol. The van der Waals surface area contributed by atoms with Gasteiger partial charge in [-0.3, -0.25) is 9.69 Å².